The van der Waals surface area contributed by atoms with Crippen molar-refractivity contribution in [3.8, 4) is 0 Å². The molecule has 0 aromatic heterocycles. The number of rotatable bonds is 2. The second kappa shape index (κ2) is 4.21. The lowest BCUT2D eigenvalue weighted by Gasteiger charge is -2.01. The van der Waals surface area contributed by atoms with Crippen LogP contribution in [0.4, 0.5) is 5.69 Å². The van der Waals surface area contributed by atoms with Crippen LogP contribution in [0.25, 0.3) is 0 Å². The van der Waals surface area contributed by atoms with Gasteiger partial charge in [0.1, 0.15) is 0 Å². The highest BCUT2D eigenvalue weighted by Crippen LogP contribution is 2.23. The van der Waals surface area contributed by atoms with Crippen LogP contribution in [0.5, 0.6) is 0 Å². The second-order valence-corrected chi connectivity index (χ2v) is 4.62. The highest BCUT2D eigenvalue weighted by Gasteiger charge is 1.96. The number of nitrogens with two attached hydrogens (primary N) is 1. The molecule has 2 N–H and O–H groups in total. The van der Waals surface area contributed by atoms with Gasteiger partial charge in [-0.1, -0.05) is 6.92 Å². The molecule has 0 radical (unpaired) electrons. The minimum atomic E-state index is 0.879. The molecule has 0 amide bonds. The van der Waals surface area contributed by atoms with E-state index in [2.05, 4.69) is 35.6 Å². The zero-order valence-corrected chi connectivity index (χ0v) is 9.28. The molecule has 1 nitrogen and oxygen atoms in total. The first-order valence-corrected chi connectivity index (χ1v) is 5.48. The number of benzene rings is 1. The minimum absolute atomic E-state index is 0.879. The van der Waals surface area contributed by atoms with Gasteiger partial charge < -0.3 is 5.73 Å². The van der Waals surface area contributed by atoms with Crippen molar-refractivity contribution in [2.45, 2.75) is 11.8 Å². The molecule has 0 aliphatic heterocycles. The van der Waals surface area contributed by atoms with Crippen LogP contribution in [0.15, 0.2) is 23.1 Å². The van der Waals surface area contributed by atoms with Crippen molar-refractivity contribution in [3.05, 3.63) is 21.8 Å². The van der Waals surface area contributed by atoms with Crippen LogP contribution in [-0.4, -0.2) is 5.75 Å². The fourth-order valence-electron chi connectivity index (χ4n) is 0.778. The maximum atomic E-state index is 5.73. The van der Waals surface area contributed by atoms with E-state index in [4.69, 9.17) is 5.73 Å². The summed E-state index contributed by atoms with van der Waals surface area (Å²) in [6.07, 6.45) is 0. The first-order chi connectivity index (χ1) is 5.24. The van der Waals surface area contributed by atoms with Crippen LogP contribution in [-0.2, 0) is 0 Å². The third-order valence-corrected chi connectivity index (χ3v) is 3.14. The molecule has 0 unspecified atom stereocenters. The van der Waals surface area contributed by atoms with Gasteiger partial charge in [0.2, 0.25) is 0 Å². The van der Waals surface area contributed by atoms with Gasteiger partial charge in [-0.15, -0.1) is 11.8 Å². The fourth-order valence-corrected chi connectivity index (χ4v) is 1.82. The SMILES string of the molecule is CCSc1ccc(I)c(N)c1. The van der Waals surface area contributed by atoms with E-state index in [-0.39, 0.29) is 0 Å². The van der Waals surface area contributed by atoms with E-state index >= 15 is 0 Å². The number of thioether (sulfide) groups is 1. The summed E-state index contributed by atoms with van der Waals surface area (Å²) in [5, 5.41) is 0. The van der Waals surface area contributed by atoms with E-state index in [1.165, 1.54) is 4.90 Å². The molecule has 11 heavy (non-hydrogen) atoms. The Kier molecular flexibility index (Phi) is 3.51. The average molecular weight is 279 g/mol. The summed E-state index contributed by atoms with van der Waals surface area (Å²) in [6, 6.07) is 6.18. The lowest BCUT2D eigenvalue weighted by Crippen LogP contribution is -1.88. The largest absolute Gasteiger partial charge is 0.398 e. The first-order valence-electron chi connectivity index (χ1n) is 3.42. The molecule has 0 bridgehead atoms. The summed E-state index contributed by atoms with van der Waals surface area (Å²) in [5.41, 5.74) is 6.61. The van der Waals surface area contributed by atoms with Crippen molar-refractivity contribution in [1.82, 2.24) is 0 Å². The second-order valence-electron chi connectivity index (χ2n) is 2.12. The Labute approximate surface area is 84.9 Å². The van der Waals surface area contributed by atoms with Crippen molar-refractivity contribution in [3.63, 3.8) is 0 Å². The molecule has 0 aliphatic carbocycles. The highest BCUT2D eigenvalue weighted by molar-refractivity contribution is 14.1. The van der Waals surface area contributed by atoms with E-state index in [1.54, 1.807) is 0 Å². The van der Waals surface area contributed by atoms with Gasteiger partial charge in [-0.25, -0.2) is 0 Å². The number of hydrogen-bond acceptors (Lipinski definition) is 2. The van der Waals surface area contributed by atoms with Gasteiger partial charge in [0.25, 0.3) is 0 Å². The van der Waals surface area contributed by atoms with Crippen LogP contribution in [0, 0.1) is 3.57 Å². The number of hydrogen-bond donors (Lipinski definition) is 1. The molecule has 0 heterocycles. The van der Waals surface area contributed by atoms with Crippen molar-refractivity contribution in [2.75, 3.05) is 11.5 Å². The maximum Gasteiger partial charge on any atom is 0.0460 e. The number of halogens is 1. The summed E-state index contributed by atoms with van der Waals surface area (Å²) in [4.78, 5) is 1.26. The predicted octanol–water partition coefficient (Wildman–Crippen LogP) is 2.99. The van der Waals surface area contributed by atoms with Gasteiger partial charge >= 0.3 is 0 Å². The monoisotopic (exact) mass is 279 g/mol. The zero-order chi connectivity index (χ0) is 8.27. The minimum Gasteiger partial charge on any atom is -0.398 e. The normalized spacial score (nSPS) is 10.0. The highest BCUT2D eigenvalue weighted by atomic mass is 127. The topological polar surface area (TPSA) is 26.0 Å². The smallest absolute Gasteiger partial charge is 0.0460 e. The van der Waals surface area contributed by atoms with E-state index in [9.17, 15) is 0 Å². The summed E-state index contributed by atoms with van der Waals surface area (Å²) in [7, 11) is 0. The van der Waals surface area contributed by atoms with Crippen molar-refractivity contribution in [1.29, 1.82) is 0 Å². The molecule has 0 fully saturated rings. The van der Waals surface area contributed by atoms with Crippen molar-refractivity contribution < 1.29 is 0 Å². The molecular formula is C8H10INS. The van der Waals surface area contributed by atoms with E-state index in [0.29, 0.717) is 0 Å². The summed E-state index contributed by atoms with van der Waals surface area (Å²) in [5.74, 6) is 1.10. The Balaban J connectivity index is 2.86. The van der Waals surface area contributed by atoms with Crippen LogP contribution in [0.2, 0.25) is 0 Å². The lowest BCUT2D eigenvalue weighted by atomic mass is 10.3. The van der Waals surface area contributed by atoms with Crippen molar-refractivity contribution >= 4 is 40.0 Å². The van der Waals surface area contributed by atoms with Crippen LogP contribution in [0.3, 0.4) is 0 Å². The maximum absolute atomic E-state index is 5.73. The zero-order valence-electron chi connectivity index (χ0n) is 6.30. The lowest BCUT2D eigenvalue weighted by molar-refractivity contribution is 1.41. The van der Waals surface area contributed by atoms with Gasteiger partial charge in [0, 0.05) is 14.2 Å². The van der Waals surface area contributed by atoms with E-state index in [0.717, 1.165) is 15.0 Å². The van der Waals surface area contributed by atoms with Gasteiger partial charge in [0.15, 0.2) is 0 Å². The number of anilines is 1. The Hall–Kier alpha value is 0.1000. The third-order valence-electron chi connectivity index (χ3n) is 1.28. The average Bonchev–Trinajstić information content (AvgIpc) is 1.98. The third kappa shape index (κ3) is 2.56. The van der Waals surface area contributed by atoms with Gasteiger partial charge in [-0.05, 0) is 46.5 Å². The van der Waals surface area contributed by atoms with Gasteiger partial charge in [-0.3, -0.25) is 0 Å². The quantitative estimate of drug-likeness (QED) is 0.511. The van der Waals surface area contributed by atoms with E-state index in [1.807, 2.05) is 23.9 Å². The van der Waals surface area contributed by atoms with E-state index < -0.39 is 0 Å². The molecule has 1 aromatic rings. The summed E-state index contributed by atoms with van der Waals surface area (Å²) >= 11 is 4.05. The Morgan fingerprint density at radius 2 is 2.27 bits per heavy atom. The van der Waals surface area contributed by atoms with Crippen LogP contribution < -0.4 is 5.73 Å². The molecule has 0 atom stereocenters. The molecule has 0 spiro atoms. The Morgan fingerprint density at radius 1 is 1.55 bits per heavy atom. The molecule has 0 aliphatic rings. The van der Waals surface area contributed by atoms with Crippen LogP contribution in [0.1, 0.15) is 6.92 Å². The molecule has 0 saturated carbocycles. The Bertz CT molecular complexity index is 250. The van der Waals surface area contributed by atoms with Crippen molar-refractivity contribution in [2.24, 2.45) is 0 Å². The Morgan fingerprint density at radius 3 is 2.82 bits per heavy atom. The molecule has 60 valence electrons. The molecule has 1 rings (SSSR count). The van der Waals surface area contributed by atoms with Crippen LogP contribution >= 0.6 is 34.4 Å². The first kappa shape index (κ1) is 9.19. The molecule has 3 heteroatoms. The van der Waals surface area contributed by atoms with Gasteiger partial charge in [0.05, 0.1) is 0 Å². The molecule has 0 saturated heterocycles. The van der Waals surface area contributed by atoms with Gasteiger partial charge in [-0.2, -0.15) is 0 Å². The molecule has 1 aromatic carbocycles. The predicted molar refractivity (Wildman–Crippen MR) is 60.0 cm³/mol. The standard InChI is InChI=1S/C8H10INS/c1-2-11-6-3-4-7(9)8(10)5-6/h3-5H,2,10H2,1H3. The fraction of sp³-hybridized carbons (Fsp3) is 0.250. The summed E-state index contributed by atoms with van der Waals surface area (Å²) in [6.45, 7) is 2.14. The summed E-state index contributed by atoms with van der Waals surface area (Å²) < 4.78 is 1.13. The number of nitrogen functional groups attached to an aromatic ring is 1. The molecular weight excluding hydrogens is 269 g/mol.